The summed E-state index contributed by atoms with van der Waals surface area (Å²) in [6, 6.07) is 0. The van der Waals surface area contributed by atoms with Crippen molar-refractivity contribution < 1.29 is 4.74 Å². The molecule has 0 aliphatic carbocycles. The molecule has 2 heterocycles. The van der Waals surface area contributed by atoms with Crippen LogP contribution in [0.2, 0.25) is 0 Å². The van der Waals surface area contributed by atoms with Gasteiger partial charge >= 0.3 is 0 Å². The van der Waals surface area contributed by atoms with Crippen molar-refractivity contribution >= 4 is 11.6 Å². The number of hydrogen-bond acceptors (Lipinski definition) is 5. The summed E-state index contributed by atoms with van der Waals surface area (Å²) in [5.74, 6) is 1.25. The lowest BCUT2D eigenvalue weighted by atomic mass is 10.2. The van der Waals surface area contributed by atoms with Gasteiger partial charge in [-0.1, -0.05) is 0 Å². The quantitative estimate of drug-likeness (QED) is 0.735. The Morgan fingerprint density at radius 2 is 1.87 bits per heavy atom. The summed E-state index contributed by atoms with van der Waals surface area (Å²) in [4.78, 5) is 10.4. The Bertz CT molecular complexity index is 334. The van der Waals surface area contributed by atoms with E-state index >= 15 is 0 Å². The van der Waals surface area contributed by atoms with Gasteiger partial charge in [0.15, 0.2) is 11.6 Å². The van der Waals surface area contributed by atoms with E-state index in [0.29, 0.717) is 5.82 Å². The summed E-state index contributed by atoms with van der Waals surface area (Å²) >= 11 is 0. The lowest BCUT2D eigenvalue weighted by Crippen LogP contribution is -2.46. The van der Waals surface area contributed by atoms with E-state index in [4.69, 9.17) is 10.5 Å². The molecule has 5 heteroatoms. The van der Waals surface area contributed by atoms with Crippen LogP contribution in [-0.2, 0) is 4.74 Å². The van der Waals surface area contributed by atoms with Crippen molar-refractivity contribution in [1.29, 1.82) is 0 Å². The summed E-state index contributed by atoms with van der Waals surface area (Å²) < 4.78 is 5.65. The fourth-order valence-electron chi connectivity index (χ4n) is 1.94. The standard InChI is InChI=1S/C10H16N4O/c1-7-5-14(6-8(2)15-7)10-9(11)12-3-4-13-10/h3-4,7-8H,5-6H2,1-2H3,(H2,11,12)/t7-,8+. The fraction of sp³-hybridized carbons (Fsp3) is 0.600. The topological polar surface area (TPSA) is 64.3 Å². The number of hydrogen-bond donors (Lipinski definition) is 1. The van der Waals surface area contributed by atoms with Gasteiger partial charge in [0, 0.05) is 25.5 Å². The first-order valence-electron chi connectivity index (χ1n) is 5.13. The smallest absolute Gasteiger partial charge is 0.171 e. The van der Waals surface area contributed by atoms with Crippen LogP contribution in [0.15, 0.2) is 12.4 Å². The Morgan fingerprint density at radius 3 is 2.47 bits per heavy atom. The van der Waals surface area contributed by atoms with Crippen LogP contribution in [0.3, 0.4) is 0 Å². The maximum absolute atomic E-state index is 5.79. The van der Waals surface area contributed by atoms with Gasteiger partial charge in [-0.3, -0.25) is 0 Å². The normalized spacial score (nSPS) is 26.7. The van der Waals surface area contributed by atoms with Gasteiger partial charge < -0.3 is 15.4 Å². The van der Waals surface area contributed by atoms with Gasteiger partial charge in [0.1, 0.15) is 0 Å². The van der Waals surface area contributed by atoms with Gasteiger partial charge in [-0.25, -0.2) is 9.97 Å². The van der Waals surface area contributed by atoms with Crippen LogP contribution in [0, 0.1) is 0 Å². The minimum Gasteiger partial charge on any atom is -0.381 e. The molecule has 1 aliphatic rings. The number of aromatic nitrogens is 2. The third kappa shape index (κ3) is 2.18. The summed E-state index contributed by atoms with van der Waals surface area (Å²) in [7, 11) is 0. The predicted molar refractivity (Wildman–Crippen MR) is 58.7 cm³/mol. The molecule has 0 saturated carbocycles. The summed E-state index contributed by atoms with van der Waals surface area (Å²) in [5, 5.41) is 0. The zero-order valence-corrected chi connectivity index (χ0v) is 9.05. The molecule has 2 rings (SSSR count). The van der Waals surface area contributed by atoms with Crippen LogP contribution >= 0.6 is 0 Å². The number of nitrogens with two attached hydrogens (primary N) is 1. The largest absolute Gasteiger partial charge is 0.381 e. The van der Waals surface area contributed by atoms with Crippen molar-refractivity contribution in [3.8, 4) is 0 Å². The van der Waals surface area contributed by atoms with Gasteiger partial charge in [0.05, 0.1) is 12.2 Å². The van der Waals surface area contributed by atoms with Crippen LogP contribution < -0.4 is 10.6 Å². The monoisotopic (exact) mass is 208 g/mol. The van der Waals surface area contributed by atoms with Crippen molar-refractivity contribution in [2.75, 3.05) is 23.7 Å². The highest BCUT2D eigenvalue weighted by atomic mass is 16.5. The molecule has 1 aromatic rings. The first kappa shape index (κ1) is 10.2. The SMILES string of the molecule is C[C@@H]1CN(c2nccnc2N)C[C@H](C)O1. The molecule has 0 aromatic carbocycles. The van der Waals surface area contributed by atoms with Crippen LogP contribution in [0.5, 0.6) is 0 Å². The molecule has 5 nitrogen and oxygen atoms in total. The van der Waals surface area contributed by atoms with Crippen molar-refractivity contribution in [2.24, 2.45) is 0 Å². The van der Waals surface area contributed by atoms with Crippen LogP contribution in [0.1, 0.15) is 13.8 Å². The molecule has 1 saturated heterocycles. The molecule has 0 radical (unpaired) electrons. The van der Waals surface area contributed by atoms with E-state index in [9.17, 15) is 0 Å². The second-order valence-corrected chi connectivity index (χ2v) is 3.93. The summed E-state index contributed by atoms with van der Waals surface area (Å²) in [6.45, 7) is 5.73. The molecule has 15 heavy (non-hydrogen) atoms. The van der Waals surface area contributed by atoms with Gasteiger partial charge in [0.25, 0.3) is 0 Å². The lowest BCUT2D eigenvalue weighted by Gasteiger charge is -2.36. The van der Waals surface area contributed by atoms with E-state index < -0.39 is 0 Å². The van der Waals surface area contributed by atoms with Gasteiger partial charge in [-0.15, -0.1) is 0 Å². The first-order valence-corrected chi connectivity index (χ1v) is 5.13. The van der Waals surface area contributed by atoms with E-state index in [1.54, 1.807) is 12.4 Å². The van der Waals surface area contributed by atoms with Crippen molar-refractivity contribution in [1.82, 2.24) is 9.97 Å². The molecule has 0 unspecified atom stereocenters. The second kappa shape index (κ2) is 4.02. The molecular weight excluding hydrogens is 192 g/mol. The Kier molecular flexibility index (Phi) is 2.73. The number of ether oxygens (including phenoxy) is 1. The average Bonchev–Trinajstić information content (AvgIpc) is 2.16. The lowest BCUT2D eigenvalue weighted by molar-refractivity contribution is -0.00542. The molecular formula is C10H16N4O. The zero-order chi connectivity index (χ0) is 10.8. The van der Waals surface area contributed by atoms with Crippen molar-refractivity contribution in [2.45, 2.75) is 26.1 Å². The van der Waals surface area contributed by atoms with Gasteiger partial charge in [0.2, 0.25) is 0 Å². The maximum atomic E-state index is 5.79. The zero-order valence-electron chi connectivity index (χ0n) is 9.05. The molecule has 82 valence electrons. The number of rotatable bonds is 1. The molecule has 2 N–H and O–H groups in total. The summed E-state index contributed by atoms with van der Waals surface area (Å²) in [5.41, 5.74) is 5.79. The van der Waals surface area contributed by atoms with E-state index in [0.717, 1.165) is 18.9 Å². The van der Waals surface area contributed by atoms with E-state index in [2.05, 4.69) is 28.7 Å². The third-order valence-corrected chi connectivity index (χ3v) is 2.43. The van der Waals surface area contributed by atoms with E-state index in [1.807, 2.05) is 0 Å². The first-order chi connectivity index (χ1) is 7.16. The Labute approximate surface area is 89.3 Å². The van der Waals surface area contributed by atoms with Gasteiger partial charge in [-0.2, -0.15) is 0 Å². The molecule has 0 spiro atoms. The highest BCUT2D eigenvalue weighted by molar-refractivity contribution is 5.57. The summed E-state index contributed by atoms with van der Waals surface area (Å²) in [6.07, 6.45) is 3.67. The van der Waals surface area contributed by atoms with E-state index in [1.165, 1.54) is 0 Å². The van der Waals surface area contributed by atoms with E-state index in [-0.39, 0.29) is 12.2 Å². The van der Waals surface area contributed by atoms with Crippen LogP contribution in [0.4, 0.5) is 11.6 Å². The number of nitrogens with zero attached hydrogens (tertiary/aromatic N) is 3. The van der Waals surface area contributed by atoms with Crippen molar-refractivity contribution in [3.05, 3.63) is 12.4 Å². The molecule has 2 atom stereocenters. The number of morpholine rings is 1. The maximum Gasteiger partial charge on any atom is 0.171 e. The number of anilines is 2. The van der Waals surface area contributed by atoms with Crippen molar-refractivity contribution in [3.63, 3.8) is 0 Å². The molecule has 1 fully saturated rings. The van der Waals surface area contributed by atoms with Crippen LogP contribution in [0.25, 0.3) is 0 Å². The fourth-order valence-corrected chi connectivity index (χ4v) is 1.94. The van der Waals surface area contributed by atoms with Crippen LogP contribution in [-0.4, -0.2) is 35.3 Å². The Hall–Kier alpha value is -1.36. The molecule has 1 aliphatic heterocycles. The highest BCUT2D eigenvalue weighted by Crippen LogP contribution is 2.21. The highest BCUT2D eigenvalue weighted by Gasteiger charge is 2.24. The molecule has 0 amide bonds. The Balaban J connectivity index is 2.20. The van der Waals surface area contributed by atoms with Gasteiger partial charge in [-0.05, 0) is 13.8 Å². The third-order valence-electron chi connectivity index (χ3n) is 2.43. The second-order valence-electron chi connectivity index (χ2n) is 3.93. The Morgan fingerprint density at radius 1 is 1.27 bits per heavy atom. The average molecular weight is 208 g/mol. The number of nitrogen functional groups attached to an aromatic ring is 1. The minimum atomic E-state index is 0.204. The molecule has 1 aromatic heterocycles. The molecule has 0 bridgehead atoms. The predicted octanol–water partition coefficient (Wildman–Crippen LogP) is 0.672. The minimum absolute atomic E-state index is 0.204.